The van der Waals surface area contributed by atoms with Crippen LogP contribution in [0.2, 0.25) is 5.15 Å². The van der Waals surface area contributed by atoms with E-state index in [1.165, 1.54) is 0 Å². The lowest BCUT2D eigenvalue weighted by Crippen LogP contribution is -2.32. The Morgan fingerprint density at radius 2 is 1.86 bits per heavy atom. The summed E-state index contributed by atoms with van der Waals surface area (Å²) in [5.74, 6) is 0.625. The zero-order chi connectivity index (χ0) is 20.4. The Morgan fingerprint density at radius 1 is 1.07 bits per heavy atom. The van der Waals surface area contributed by atoms with E-state index in [9.17, 15) is 4.79 Å². The van der Waals surface area contributed by atoms with Crippen molar-refractivity contribution in [2.24, 2.45) is 5.92 Å². The van der Waals surface area contributed by atoms with Crippen molar-refractivity contribution in [2.75, 3.05) is 0 Å². The highest BCUT2D eigenvalue weighted by Gasteiger charge is 2.25. The number of carbonyl (C=O) groups excluding carboxylic acids is 1. The van der Waals surface area contributed by atoms with Crippen molar-refractivity contribution in [3.05, 3.63) is 71.5 Å². The predicted octanol–water partition coefficient (Wildman–Crippen LogP) is 4.46. The smallest absolute Gasteiger partial charge is 0.251 e. The molecule has 7 nitrogen and oxygen atoms in total. The van der Waals surface area contributed by atoms with Gasteiger partial charge in [0.1, 0.15) is 11.2 Å². The minimum Gasteiger partial charge on any atom is -0.340 e. The number of halogens is 1. The Labute approximate surface area is 172 Å². The zero-order valence-electron chi connectivity index (χ0n) is 15.8. The minimum absolute atomic E-state index is 0.0469. The van der Waals surface area contributed by atoms with Crippen LogP contribution in [-0.2, 0) is 0 Å². The van der Waals surface area contributed by atoms with Crippen molar-refractivity contribution < 1.29 is 9.32 Å². The Kier molecular flexibility index (Phi) is 5.22. The van der Waals surface area contributed by atoms with Gasteiger partial charge in [0, 0.05) is 28.9 Å². The van der Waals surface area contributed by atoms with Crippen molar-refractivity contribution in [1.82, 2.24) is 25.4 Å². The third-order valence-electron chi connectivity index (χ3n) is 4.52. The average Bonchev–Trinajstić information content (AvgIpc) is 3.21. The number of nitrogens with one attached hydrogen (secondary N) is 1. The van der Waals surface area contributed by atoms with Crippen LogP contribution in [0.1, 0.15) is 36.1 Å². The molecule has 0 saturated carbocycles. The molecule has 1 atom stereocenters. The van der Waals surface area contributed by atoms with E-state index in [2.05, 4.69) is 25.4 Å². The molecule has 0 aliphatic carbocycles. The second kappa shape index (κ2) is 7.97. The lowest BCUT2D eigenvalue weighted by atomic mass is 10.0. The Morgan fingerprint density at radius 3 is 2.62 bits per heavy atom. The fraction of sp³-hybridized carbons (Fsp3) is 0.190. The summed E-state index contributed by atoms with van der Waals surface area (Å²) in [5, 5.41) is 8.28. The van der Waals surface area contributed by atoms with Crippen LogP contribution in [0.5, 0.6) is 0 Å². The molecule has 3 aromatic heterocycles. The fourth-order valence-electron chi connectivity index (χ4n) is 2.96. The summed E-state index contributed by atoms with van der Waals surface area (Å²) >= 11 is 5.92. The molecule has 0 bridgehead atoms. The standard InChI is InChI=1S/C21H18ClN5O2/c1-12(2)18(21-26-19(27-29-21)13-7-9-23-10-8-13)25-20(28)15-3-5-16-14(11-15)4-6-17(22)24-16/h3-12,18H,1-2H3,(H,25,28). The van der Waals surface area contributed by atoms with Crippen LogP contribution in [0.4, 0.5) is 0 Å². The van der Waals surface area contributed by atoms with E-state index < -0.39 is 6.04 Å². The number of benzene rings is 1. The maximum Gasteiger partial charge on any atom is 0.251 e. The average molecular weight is 408 g/mol. The van der Waals surface area contributed by atoms with E-state index in [-0.39, 0.29) is 11.8 Å². The molecule has 1 amide bonds. The lowest BCUT2D eigenvalue weighted by Gasteiger charge is -2.18. The lowest BCUT2D eigenvalue weighted by molar-refractivity contribution is 0.0914. The van der Waals surface area contributed by atoms with Crippen molar-refractivity contribution in [2.45, 2.75) is 19.9 Å². The van der Waals surface area contributed by atoms with Gasteiger partial charge in [-0.15, -0.1) is 0 Å². The fourth-order valence-corrected chi connectivity index (χ4v) is 3.11. The second-order valence-electron chi connectivity index (χ2n) is 6.93. The summed E-state index contributed by atoms with van der Waals surface area (Å²) in [7, 11) is 0. The molecule has 8 heteroatoms. The molecule has 0 fully saturated rings. The van der Waals surface area contributed by atoms with E-state index in [1.54, 1.807) is 48.8 Å². The van der Waals surface area contributed by atoms with Crippen LogP contribution in [0, 0.1) is 5.92 Å². The second-order valence-corrected chi connectivity index (χ2v) is 7.32. The third-order valence-corrected chi connectivity index (χ3v) is 4.73. The van der Waals surface area contributed by atoms with E-state index in [0.29, 0.717) is 22.4 Å². The van der Waals surface area contributed by atoms with Gasteiger partial charge in [0.15, 0.2) is 0 Å². The maximum atomic E-state index is 12.9. The van der Waals surface area contributed by atoms with Crippen LogP contribution in [-0.4, -0.2) is 26.0 Å². The van der Waals surface area contributed by atoms with Gasteiger partial charge in [0.2, 0.25) is 11.7 Å². The molecule has 0 saturated heterocycles. The molecule has 3 heterocycles. The summed E-state index contributed by atoms with van der Waals surface area (Å²) < 4.78 is 5.44. The largest absolute Gasteiger partial charge is 0.340 e. The van der Waals surface area contributed by atoms with Crippen LogP contribution in [0.3, 0.4) is 0 Å². The topological polar surface area (TPSA) is 93.8 Å². The molecule has 1 unspecified atom stereocenters. The van der Waals surface area contributed by atoms with E-state index in [4.69, 9.17) is 16.1 Å². The number of pyridine rings is 2. The molecule has 0 radical (unpaired) electrons. The van der Waals surface area contributed by atoms with Crippen molar-refractivity contribution in [1.29, 1.82) is 0 Å². The number of fused-ring (bicyclic) bond motifs is 1. The Hall–Kier alpha value is -3.32. The number of hydrogen-bond donors (Lipinski definition) is 1. The van der Waals surface area contributed by atoms with Crippen LogP contribution in [0.25, 0.3) is 22.3 Å². The summed E-state index contributed by atoms with van der Waals surface area (Å²) in [4.78, 5) is 25.6. The quantitative estimate of drug-likeness (QED) is 0.491. The number of carbonyl (C=O) groups is 1. The van der Waals surface area contributed by atoms with E-state index in [1.807, 2.05) is 19.9 Å². The SMILES string of the molecule is CC(C)C(NC(=O)c1ccc2nc(Cl)ccc2c1)c1nc(-c2ccncc2)no1. The first-order chi connectivity index (χ1) is 14.0. The van der Waals surface area contributed by atoms with Gasteiger partial charge in [-0.05, 0) is 48.4 Å². The summed E-state index contributed by atoms with van der Waals surface area (Å²) in [6.45, 7) is 3.96. The van der Waals surface area contributed by atoms with Crippen molar-refractivity contribution in [3.8, 4) is 11.4 Å². The highest BCUT2D eigenvalue weighted by molar-refractivity contribution is 6.29. The molecule has 146 valence electrons. The molecular formula is C21H18ClN5O2. The molecule has 0 aliphatic heterocycles. The van der Waals surface area contributed by atoms with Crippen LogP contribution < -0.4 is 5.32 Å². The molecule has 1 N–H and O–H groups in total. The van der Waals surface area contributed by atoms with Gasteiger partial charge in [0.25, 0.3) is 5.91 Å². The van der Waals surface area contributed by atoms with Gasteiger partial charge in [-0.1, -0.05) is 30.6 Å². The third kappa shape index (κ3) is 4.09. The van der Waals surface area contributed by atoms with Gasteiger partial charge in [-0.25, -0.2) is 4.98 Å². The first-order valence-electron chi connectivity index (χ1n) is 9.12. The van der Waals surface area contributed by atoms with Gasteiger partial charge in [0.05, 0.1) is 5.52 Å². The summed E-state index contributed by atoms with van der Waals surface area (Å²) in [5.41, 5.74) is 2.04. The highest BCUT2D eigenvalue weighted by Crippen LogP contribution is 2.24. The number of hydrogen-bond acceptors (Lipinski definition) is 6. The molecule has 4 aromatic rings. The molecule has 0 aliphatic rings. The highest BCUT2D eigenvalue weighted by atomic mass is 35.5. The van der Waals surface area contributed by atoms with Gasteiger partial charge in [-0.2, -0.15) is 4.98 Å². The molecule has 29 heavy (non-hydrogen) atoms. The summed E-state index contributed by atoms with van der Waals surface area (Å²) in [6.07, 6.45) is 3.32. The number of amides is 1. The molecule has 1 aromatic carbocycles. The number of aromatic nitrogens is 4. The maximum absolute atomic E-state index is 12.9. The van der Waals surface area contributed by atoms with Gasteiger partial charge in [-0.3, -0.25) is 9.78 Å². The predicted molar refractivity (Wildman–Crippen MR) is 109 cm³/mol. The van der Waals surface area contributed by atoms with Crippen LogP contribution >= 0.6 is 11.6 Å². The van der Waals surface area contributed by atoms with Gasteiger partial charge >= 0.3 is 0 Å². The van der Waals surface area contributed by atoms with E-state index in [0.717, 1.165) is 16.5 Å². The molecule has 0 spiro atoms. The molecule has 4 rings (SSSR count). The zero-order valence-corrected chi connectivity index (χ0v) is 16.6. The van der Waals surface area contributed by atoms with Crippen LogP contribution in [0.15, 0.2) is 59.4 Å². The Balaban J connectivity index is 1.58. The first kappa shape index (κ1) is 19.0. The van der Waals surface area contributed by atoms with Gasteiger partial charge < -0.3 is 9.84 Å². The van der Waals surface area contributed by atoms with Crippen molar-refractivity contribution in [3.63, 3.8) is 0 Å². The first-order valence-corrected chi connectivity index (χ1v) is 9.50. The van der Waals surface area contributed by atoms with Crippen molar-refractivity contribution >= 4 is 28.4 Å². The number of nitrogens with zero attached hydrogens (tertiary/aromatic N) is 4. The summed E-state index contributed by atoms with van der Waals surface area (Å²) in [6, 6.07) is 12.0. The monoisotopic (exact) mass is 407 g/mol. The number of rotatable bonds is 5. The van der Waals surface area contributed by atoms with E-state index >= 15 is 0 Å². The molecular weight excluding hydrogens is 390 g/mol. The Bertz CT molecular complexity index is 1160. The normalized spacial score (nSPS) is 12.3. The minimum atomic E-state index is -0.426.